The Morgan fingerprint density at radius 1 is 1.31 bits per heavy atom. The van der Waals surface area contributed by atoms with E-state index in [4.69, 9.17) is 9.47 Å². The summed E-state index contributed by atoms with van der Waals surface area (Å²) in [7, 11) is 2.94. The Balaban J connectivity index is 3.41. The topological polar surface area (TPSA) is 61.6 Å². The highest BCUT2D eigenvalue weighted by Crippen LogP contribution is 2.39. The molecule has 0 aliphatic rings. The summed E-state index contributed by atoms with van der Waals surface area (Å²) < 4.78 is 10.1. The van der Waals surface area contributed by atoms with Crippen molar-refractivity contribution in [2.45, 2.75) is 11.8 Å². The third-order valence-corrected chi connectivity index (χ3v) is 2.65. The van der Waals surface area contributed by atoms with Crippen molar-refractivity contribution in [3.05, 3.63) is 27.8 Å². The number of alkyl halides is 1. The van der Waals surface area contributed by atoms with Gasteiger partial charge in [0, 0.05) is 10.4 Å². The third kappa shape index (κ3) is 2.44. The monoisotopic (exact) mass is 289 g/mol. The van der Waals surface area contributed by atoms with Crippen molar-refractivity contribution in [1.82, 2.24) is 0 Å². The van der Waals surface area contributed by atoms with E-state index >= 15 is 0 Å². The number of nitrogens with zero attached hydrogens (tertiary/aromatic N) is 1. The lowest BCUT2D eigenvalue weighted by molar-refractivity contribution is -0.385. The Kier molecular flexibility index (Phi) is 4.12. The fraction of sp³-hybridized carbons (Fsp3) is 0.400. The summed E-state index contributed by atoms with van der Waals surface area (Å²) in [4.78, 5) is 10.3. The van der Waals surface area contributed by atoms with Crippen molar-refractivity contribution in [2.75, 3.05) is 14.2 Å². The van der Waals surface area contributed by atoms with Crippen LogP contribution in [0.4, 0.5) is 5.69 Å². The number of nitro benzene ring substituents is 1. The highest BCUT2D eigenvalue weighted by Gasteiger charge is 2.21. The molecule has 16 heavy (non-hydrogen) atoms. The molecule has 1 rings (SSSR count). The van der Waals surface area contributed by atoms with Crippen LogP contribution in [0.25, 0.3) is 0 Å². The number of nitro groups is 1. The van der Waals surface area contributed by atoms with Crippen LogP contribution in [-0.2, 0) is 0 Å². The molecule has 0 unspecified atom stereocenters. The van der Waals surface area contributed by atoms with E-state index in [1.807, 2.05) is 6.92 Å². The zero-order valence-electron chi connectivity index (χ0n) is 9.19. The quantitative estimate of drug-likeness (QED) is 0.485. The fourth-order valence-corrected chi connectivity index (χ4v) is 1.73. The molecule has 0 fully saturated rings. The molecule has 0 aromatic heterocycles. The number of hydrogen-bond donors (Lipinski definition) is 0. The second-order valence-corrected chi connectivity index (χ2v) is 4.51. The summed E-state index contributed by atoms with van der Waals surface area (Å²) in [5, 5.41) is 10.9. The van der Waals surface area contributed by atoms with Gasteiger partial charge >= 0.3 is 0 Å². The predicted octanol–water partition coefficient (Wildman–Crippen LogP) is 3.07. The molecule has 0 heterocycles. The van der Waals surface area contributed by atoms with Gasteiger partial charge in [0.1, 0.15) is 0 Å². The van der Waals surface area contributed by atoms with E-state index < -0.39 is 4.92 Å². The maximum atomic E-state index is 10.9. The molecular formula is C10H12BrNO4. The average Bonchev–Trinajstić information content (AvgIpc) is 2.26. The number of halogens is 1. The molecule has 1 aromatic rings. The van der Waals surface area contributed by atoms with Crippen LogP contribution in [0.15, 0.2) is 12.1 Å². The first kappa shape index (κ1) is 12.8. The molecule has 88 valence electrons. The van der Waals surface area contributed by atoms with Crippen LogP contribution < -0.4 is 9.47 Å². The first-order valence-electron chi connectivity index (χ1n) is 4.55. The van der Waals surface area contributed by atoms with Gasteiger partial charge < -0.3 is 9.47 Å². The van der Waals surface area contributed by atoms with Crippen LogP contribution in [0.1, 0.15) is 17.3 Å². The predicted molar refractivity (Wildman–Crippen MR) is 63.5 cm³/mol. The molecule has 5 nitrogen and oxygen atoms in total. The van der Waals surface area contributed by atoms with Crippen molar-refractivity contribution >= 4 is 21.6 Å². The summed E-state index contributed by atoms with van der Waals surface area (Å²) in [5.41, 5.74) is 0.574. The molecular weight excluding hydrogens is 278 g/mol. The van der Waals surface area contributed by atoms with E-state index in [1.165, 1.54) is 20.3 Å². The molecule has 1 aromatic carbocycles. The molecule has 0 spiro atoms. The Morgan fingerprint density at radius 3 is 2.19 bits per heavy atom. The normalized spacial score (nSPS) is 12.0. The Morgan fingerprint density at radius 2 is 1.81 bits per heavy atom. The Bertz CT molecular complexity index is 406. The fourth-order valence-electron chi connectivity index (χ4n) is 1.36. The van der Waals surface area contributed by atoms with Crippen molar-refractivity contribution in [3.63, 3.8) is 0 Å². The first-order chi connectivity index (χ1) is 7.51. The highest BCUT2D eigenvalue weighted by molar-refractivity contribution is 9.09. The zero-order valence-corrected chi connectivity index (χ0v) is 10.8. The van der Waals surface area contributed by atoms with Crippen LogP contribution in [0.5, 0.6) is 11.5 Å². The number of ether oxygens (including phenoxy) is 2. The summed E-state index contributed by atoms with van der Waals surface area (Å²) in [5.74, 6) is 0.834. The van der Waals surface area contributed by atoms with E-state index in [-0.39, 0.29) is 10.5 Å². The first-order valence-corrected chi connectivity index (χ1v) is 5.47. The van der Waals surface area contributed by atoms with E-state index in [9.17, 15) is 10.1 Å². The lowest BCUT2D eigenvalue weighted by Gasteiger charge is -2.11. The van der Waals surface area contributed by atoms with Gasteiger partial charge in [-0.3, -0.25) is 10.1 Å². The Hall–Kier alpha value is -1.30. The zero-order chi connectivity index (χ0) is 12.3. The molecule has 0 N–H and O–H groups in total. The number of methoxy groups -OCH3 is 2. The van der Waals surface area contributed by atoms with Crippen LogP contribution in [0.2, 0.25) is 0 Å². The van der Waals surface area contributed by atoms with Gasteiger partial charge in [0.2, 0.25) is 0 Å². The molecule has 0 aliphatic carbocycles. The third-order valence-electron chi connectivity index (χ3n) is 2.16. The molecule has 0 amide bonds. The number of benzene rings is 1. The van der Waals surface area contributed by atoms with E-state index in [2.05, 4.69) is 15.9 Å². The average molecular weight is 290 g/mol. The standard InChI is InChI=1S/C10H12BrNO4/c1-6(11)7-4-9(15-2)10(16-3)5-8(7)12(13)14/h4-6H,1-3H3/t6-/m1/s1. The summed E-state index contributed by atoms with van der Waals surface area (Å²) in [6.07, 6.45) is 0. The van der Waals surface area contributed by atoms with Gasteiger partial charge in [-0.15, -0.1) is 0 Å². The molecule has 0 saturated carbocycles. The summed E-state index contributed by atoms with van der Waals surface area (Å²) in [6.45, 7) is 1.81. The minimum absolute atomic E-state index is 0.0158. The molecule has 6 heteroatoms. The van der Waals surface area contributed by atoms with E-state index in [0.29, 0.717) is 17.1 Å². The van der Waals surface area contributed by atoms with E-state index in [1.54, 1.807) is 6.07 Å². The van der Waals surface area contributed by atoms with Crippen molar-refractivity contribution < 1.29 is 14.4 Å². The summed E-state index contributed by atoms with van der Waals surface area (Å²) >= 11 is 3.31. The smallest absolute Gasteiger partial charge is 0.277 e. The van der Waals surface area contributed by atoms with Gasteiger partial charge in [0.25, 0.3) is 5.69 Å². The minimum atomic E-state index is -0.435. The second kappa shape index (κ2) is 5.16. The van der Waals surface area contributed by atoms with Gasteiger partial charge in [-0.25, -0.2) is 0 Å². The molecule has 0 radical (unpaired) electrons. The maximum Gasteiger partial charge on any atom is 0.277 e. The van der Waals surface area contributed by atoms with Gasteiger partial charge in [-0.2, -0.15) is 0 Å². The SMILES string of the molecule is COc1cc([C@@H](C)Br)c([N+](=O)[O-])cc1OC. The number of rotatable bonds is 4. The Labute approximate surface area is 102 Å². The van der Waals surface area contributed by atoms with Gasteiger partial charge in [-0.05, 0) is 13.0 Å². The van der Waals surface area contributed by atoms with Gasteiger partial charge in [0.15, 0.2) is 11.5 Å². The van der Waals surface area contributed by atoms with Crippen LogP contribution in [0.3, 0.4) is 0 Å². The molecule has 1 atom stereocenters. The van der Waals surface area contributed by atoms with Gasteiger partial charge in [-0.1, -0.05) is 15.9 Å². The van der Waals surface area contributed by atoms with Crippen molar-refractivity contribution in [2.24, 2.45) is 0 Å². The molecule has 0 aliphatic heterocycles. The molecule has 0 saturated heterocycles. The highest BCUT2D eigenvalue weighted by atomic mass is 79.9. The maximum absolute atomic E-state index is 10.9. The second-order valence-electron chi connectivity index (χ2n) is 3.14. The van der Waals surface area contributed by atoms with Crippen LogP contribution in [-0.4, -0.2) is 19.1 Å². The van der Waals surface area contributed by atoms with Crippen LogP contribution in [0, 0.1) is 10.1 Å². The van der Waals surface area contributed by atoms with Crippen molar-refractivity contribution in [3.8, 4) is 11.5 Å². The molecule has 0 bridgehead atoms. The lowest BCUT2D eigenvalue weighted by atomic mass is 10.1. The van der Waals surface area contributed by atoms with Crippen molar-refractivity contribution in [1.29, 1.82) is 0 Å². The van der Waals surface area contributed by atoms with E-state index in [0.717, 1.165) is 0 Å². The van der Waals surface area contributed by atoms with Crippen LogP contribution >= 0.6 is 15.9 Å². The minimum Gasteiger partial charge on any atom is -0.493 e. The largest absolute Gasteiger partial charge is 0.493 e. The van der Waals surface area contributed by atoms with Gasteiger partial charge in [0.05, 0.1) is 25.2 Å². The lowest BCUT2D eigenvalue weighted by Crippen LogP contribution is -1.99. The number of hydrogen-bond acceptors (Lipinski definition) is 4. The summed E-state index contributed by atoms with van der Waals surface area (Å²) in [6, 6.07) is 2.97.